The highest BCUT2D eigenvalue weighted by molar-refractivity contribution is 4.94. The van der Waals surface area contributed by atoms with Crippen molar-refractivity contribution in [3.8, 4) is 0 Å². The maximum absolute atomic E-state index is 8.53. The van der Waals surface area contributed by atoms with Crippen LogP contribution in [0.25, 0.3) is 0 Å². The van der Waals surface area contributed by atoms with Crippen LogP contribution in [0.3, 0.4) is 0 Å². The second kappa shape index (κ2) is 5.93. The first-order valence-corrected chi connectivity index (χ1v) is 5.69. The molecule has 0 saturated heterocycles. The SMILES string of the molecule is OCCOCCn1cc(CNC2CC2)nn1. The Kier molecular flexibility index (Phi) is 4.26. The monoisotopic (exact) mass is 226 g/mol. The van der Waals surface area contributed by atoms with Crippen LogP contribution in [0.5, 0.6) is 0 Å². The lowest BCUT2D eigenvalue weighted by atomic mass is 10.4. The molecular formula is C10H18N4O2. The average Bonchev–Trinajstić information content (AvgIpc) is 3.02. The Balaban J connectivity index is 1.64. The standard InChI is InChI=1S/C10H18N4O2/c15-4-6-16-5-3-14-8-10(12-13-14)7-11-9-1-2-9/h8-9,11,15H,1-7H2. The van der Waals surface area contributed by atoms with E-state index in [9.17, 15) is 0 Å². The smallest absolute Gasteiger partial charge is 0.0964 e. The topological polar surface area (TPSA) is 72.2 Å². The van der Waals surface area contributed by atoms with Gasteiger partial charge in [0, 0.05) is 18.8 Å². The van der Waals surface area contributed by atoms with Gasteiger partial charge in [-0.3, -0.25) is 0 Å². The first kappa shape index (κ1) is 11.5. The summed E-state index contributed by atoms with van der Waals surface area (Å²) in [5.74, 6) is 0. The van der Waals surface area contributed by atoms with Crippen molar-refractivity contribution in [3.05, 3.63) is 11.9 Å². The van der Waals surface area contributed by atoms with Gasteiger partial charge in [-0.25, -0.2) is 4.68 Å². The number of aliphatic hydroxyl groups is 1. The number of rotatable bonds is 8. The number of nitrogens with zero attached hydrogens (tertiary/aromatic N) is 3. The largest absolute Gasteiger partial charge is 0.394 e. The van der Waals surface area contributed by atoms with E-state index >= 15 is 0 Å². The third kappa shape index (κ3) is 3.88. The summed E-state index contributed by atoms with van der Waals surface area (Å²) in [5.41, 5.74) is 0.967. The first-order valence-electron chi connectivity index (χ1n) is 5.69. The minimum absolute atomic E-state index is 0.0634. The van der Waals surface area contributed by atoms with Crippen LogP contribution in [0.2, 0.25) is 0 Å². The molecule has 1 aliphatic rings. The zero-order valence-electron chi connectivity index (χ0n) is 9.30. The summed E-state index contributed by atoms with van der Waals surface area (Å²) < 4.78 is 6.92. The zero-order chi connectivity index (χ0) is 11.2. The van der Waals surface area contributed by atoms with Gasteiger partial charge in [0.05, 0.1) is 32.1 Å². The maximum Gasteiger partial charge on any atom is 0.0964 e. The summed E-state index contributed by atoms with van der Waals surface area (Å²) in [6.07, 6.45) is 4.49. The third-order valence-electron chi connectivity index (χ3n) is 2.44. The summed E-state index contributed by atoms with van der Waals surface area (Å²) in [7, 11) is 0. The molecule has 0 amide bonds. The summed E-state index contributed by atoms with van der Waals surface area (Å²) >= 11 is 0. The molecular weight excluding hydrogens is 208 g/mol. The normalized spacial score (nSPS) is 15.6. The van der Waals surface area contributed by atoms with E-state index in [0.717, 1.165) is 12.2 Å². The lowest BCUT2D eigenvalue weighted by Gasteiger charge is -2.01. The summed E-state index contributed by atoms with van der Waals surface area (Å²) in [5, 5.41) is 20.0. The number of hydrogen-bond donors (Lipinski definition) is 2. The molecule has 2 rings (SSSR count). The summed E-state index contributed by atoms with van der Waals surface area (Å²) in [6, 6.07) is 0.693. The van der Waals surface area contributed by atoms with E-state index in [1.807, 2.05) is 6.20 Å². The Bertz CT molecular complexity index is 312. The highest BCUT2D eigenvalue weighted by Crippen LogP contribution is 2.18. The van der Waals surface area contributed by atoms with Gasteiger partial charge in [-0.2, -0.15) is 0 Å². The lowest BCUT2D eigenvalue weighted by molar-refractivity contribution is 0.0851. The van der Waals surface area contributed by atoms with Crippen molar-refractivity contribution in [1.29, 1.82) is 0 Å². The van der Waals surface area contributed by atoms with Gasteiger partial charge in [0.2, 0.25) is 0 Å². The molecule has 0 unspecified atom stereocenters. The van der Waals surface area contributed by atoms with Crippen molar-refractivity contribution in [1.82, 2.24) is 20.3 Å². The first-order chi connectivity index (χ1) is 7.88. The molecule has 1 aromatic rings. The number of ether oxygens (including phenoxy) is 1. The van der Waals surface area contributed by atoms with Crippen LogP contribution in [0.4, 0.5) is 0 Å². The second-order valence-electron chi connectivity index (χ2n) is 3.96. The molecule has 0 aliphatic heterocycles. The molecule has 2 N–H and O–H groups in total. The molecule has 0 atom stereocenters. The van der Waals surface area contributed by atoms with Crippen LogP contribution < -0.4 is 5.32 Å². The second-order valence-corrected chi connectivity index (χ2v) is 3.96. The highest BCUT2D eigenvalue weighted by Gasteiger charge is 2.20. The number of hydrogen-bond acceptors (Lipinski definition) is 5. The Morgan fingerprint density at radius 1 is 1.50 bits per heavy atom. The Morgan fingerprint density at radius 2 is 2.38 bits per heavy atom. The molecule has 1 fully saturated rings. The summed E-state index contributed by atoms with van der Waals surface area (Å²) in [6.45, 7) is 2.47. The molecule has 1 aliphatic carbocycles. The molecule has 0 bridgehead atoms. The van der Waals surface area contributed by atoms with E-state index in [1.165, 1.54) is 12.8 Å². The fourth-order valence-electron chi connectivity index (χ4n) is 1.39. The van der Waals surface area contributed by atoms with E-state index in [0.29, 0.717) is 25.8 Å². The van der Waals surface area contributed by atoms with Crippen molar-refractivity contribution in [3.63, 3.8) is 0 Å². The predicted octanol–water partition coefficient (Wildman–Crippen LogP) is -0.461. The van der Waals surface area contributed by atoms with Gasteiger partial charge in [0.15, 0.2) is 0 Å². The Labute approximate surface area is 94.6 Å². The van der Waals surface area contributed by atoms with Crippen LogP contribution in [0, 0.1) is 0 Å². The van der Waals surface area contributed by atoms with E-state index in [4.69, 9.17) is 9.84 Å². The van der Waals surface area contributed by atoms with Crippen molar-refractivity contribution in [2.45, 2.75) is 32.0 Å². The fraction of sp³-hybridized carbons (Fsp3) is 0.800. The minimum atomic E-state index is 0.0634. The Hall–Kier alpha value is -0.980. The molecule has 1 saturated carbocycles. The van der Waals surface area contributed by atoms with Crippen molar-refractivity contribution in [2.24, 2.45) is 0 Å². The number of aliphatic hydroxyl groups excluding tert-OH is 1. The van der Waals surface area contributed by atoms with Gasteiger partial charge in [-0.15, -0.1) is 5.10 Å². The zero-order valence-corrected chi connectivity index (χ0v) is 9.30. The van der Waals surface area contributed by atoms with Gasteiger partial charge in [0.25, 0.3) is 0 Å². The number of aromatic nitrogens is 3. The third-order valence-corrected chi connectivity index (χ3v) is 2.44. The molecule has 1 heterocycles. The van der Waals surface area contributed by atoms with Crippen LogP contribution in [0.1, 0.15) is 18.5 Å². The molecule has 0 spiro atoms. The molecule has 0 aromatic carbocycles. The quantitative estimate of drug-likeness (QED) is 0.587. The molecule has 16 heavy (non-hydrogen) atoms. The van der Waals surface area contributed by atoms with E-state index in [1.54, 1.807) is 4.68 Å². The molecule has 90 valence electrons. The van der Waals surface area contributed by atoms with Gasteiger partial charge >= 0.3 is 0 Å². The molecule has 6 nitrogen and oxygen atoms in total. The van der Waals surface area contributed by atoms with Crippen LogP contribution in [0.15, 0.2) is 6.20 Å². The van der Waals surface area contributed by atoms with Crippen LogP contribution in [-0.4, -0.2) is 46.0 Å². The van der Waals surface area contributed by atoms with E-state index in [2.05, 4.69) is 15.6 Å². The van der Waals surface area contributed by atoms with E-state index < -0.39 is 0 Å². The minimum Gasteiger partial charge on any atom is -0.394 e. The Morgan fingerprint density at radius 3 is 3.12 bits per heavy atom. The van der Waals surface area contributed by atoms with Crippen molar-refractivity contribution >= 4 is 0 Å². The van der Waals surface area contributed by atoms with Gasteiger partial charge in [0.1, 0.15) is 0 Å². The fourth-order valence-corrected chi connectivity index (χ4v) is 1.39. The maximum atomic E-state index is 8.53. The van der Waals surface area contributed by atoms with Gasteiger partial charge in [-0.1, -0.05) is 5.21 Å². The van der Waals surface area contributed by atoms with Crippen molar-refractivity contribution < 1.29 is 9.84 Å². The summed E-state index contributed by atoms with van der Waals surface area (Å²) in [4.78, 5) is 0. The molecule has 6 heteroatoms. The van der Waals surface area contributed by atoms with Crippen molar-refractivity contribution in [2.75, 3.05) is 19.8 Å². The highest BCUT2D eigenvalue weighted by atomic mass is 16.5. The van der Waals surface area contributed by atoms with Crippen LogP contribution >= 0.6 is 0 Å². The number of nitrogens with one attached hydrogen (secondary N) is 1. The predicted molar refractivity (Wildman–Crippen MR) is 57.8 cm³/mol. The average molecular weight is 226 g/mol. The van der Waals surface area contributed by atoms with Gasteiger partial charge in [-0.05, 0) is 12.8 Å². The molecule has 0 radical (unpaired) electrons. The molecule has 1 aromatic heterocycles. The van der Waals surface area contributed by atoms with Gasteiger partial charge < -0.3 is 15.2 Å². The van der Waals surface area contributed by atoms with E-state index in [-0.39, 0.29) is 6.61 Å². The lowest BCUT2D eigenvalue weighted by Crippen LogP contribution is -2.15. The van der Waals surface area contributed by atoms with Crippen LogP contribution in [-0.2, 0) is 17.8 Å².